The lowest BCUT2D eigenvalue weighted by Gasteiger charge is -2.34. The van der Waals surface area contributed by atoms with Crippen LogP contribution in [0.2, 0.25) is 0 Å². The van der Waals surface area contributed by atoms with Gasteiger partial charge in [0, 0.05) is 24.0 Å². The maximum Gasteiger partial charge on any atom is 0.205 e. The third kappa shape index (κ3) is 2.89. The van der Waals surface area contributed by atoms with Crippen LogP contribution >= 0.6 is 0 Å². The summed E-state index contributed by atoms with van der Waals surface area (Å²) in [5.74, 6) is -1.11. The summed E-state index contributed by atoms with van der Waals surface area (Å²) in [4.78, 5) is 13.0. The molecular weight excluding hydrogens is 343 g/mol. The molecule has 0 saturated heterocycles. The van der Waals surface area contributed by atoms with Crippen LogP contribution in [0.15, 0.2) is 77.4 Å². The minimum atomic E-state index is -0.829. The molecule has 1 aliphatic heterocycles. The van der Waals surface area contributed by atoms with E-state index < -0.39 is 11.7 Å². The predicted molar refractivity (Wildman–Crippen MR) is 97.5 cm³/mol. The number of hydrogen-bond donors (Lipinski definition) is 1. The Kier molecular flexibility index (Phi) is 4.25. The number of allylic oxidation sites excluding steroid dienone is 3. The van der Waals surface area contributed by atoms with E-state index in [1.165, 1.54) is 6.07 Å². The number of carbonyl (C=O) groups excluding carboxylic acids is 1. The molecule has 4 rings (SSSR count). The fourth-order valence-electron chi connectivity index (χ4n) is 3.89. The lowest BCUT2D eigenvalue weighted by atomic mass is 9.73. The fourth-order valence-corrected chi connectivity index (χ4v) is 3.89. The molecule has 5 heteroatoms. The molecule has 0 saturated carbocycles. The Labute approximate surface area is 156 Å². The predicted octanol–water partition coefficient (Wildman–Crippen LogP) is 4.03. The second kappa shape index (κ2) is 6.73. The van der Waals surface area contributed by atoms with Crippen LogP contribution in [0.25, 0.3) is 0 Å². The summed E-state index contributed by atoms with van der Waals surface area (Å²) in [5.41, 5.74) is 7.69. The van der Waals surface area contributed by atoms with Gasteiger partial charge in [-0.2, -0.15) is 5.26 Å². The summed E-state index contributed by atoms with van der Waals surface area (Å²) >= 11 is 0. The van der Waals surface area contributed by atoms with Crippen molar-refractivity contribution < 1.29 is 13.9 Å². The molecule has 0 unspecified atom stereocenters. The van der Waals surface area contributed by atoms with Gasteiger partial charge in [0.1, 0.15) is 23.2 Å². The smallest absolute Gasteiger partial charge is 0.205 e. The first-order valence-corrected chi connectivity index (χ1v) is 8.73. The Morgan fingerprint density at radius 2 is 1.78 bits per heavy atom. The molecule has 1 aliphatic carbocycles. The Bertz CT molecular complexity index is 1020. The average Bonchev–Trinajstić information content (AvgIpc) is 2.68. The molecule has 0 fully saturated rings. The minimum Gasteiger partial charge on any atom is -0.444 e. The highest BCUT2D eigenvalue weighted by Gasteiger charge is 2.41. The monoisotopic (exact) mass is 360 g/mol. The van der Waals surface area contributed by atoms with Crippen molar-refractivity contribution in [1.82, 2.24) is 0 Å². The van der Waals surface area contributed by atoms with E-state index in [0.717, 1.165) is 5.56 Å². The lowest BCUT2D eigenvalue weighted by molar-refractivity contribution is -0.117. The van der Waals surface area contributed by atoms with Crippen molar-refractivity contribution in [1.29, 1.82) is 5.26 Å². The van der Waals surface area contributed by atoms with Gasteiger partial charge in [0.05, 0.1) is 5.92 Å². The fraction of sp³-hybridized carbons (Fsp3) is 0.182. The van der Waals surface area contributed by atoms with Gasteiger partial charge >= 0.3 is 0 Å². The van der Waals surface area contributed by atoms with Crippen LogP contribution in [0.3, 0.4) is 0 Å². The number of ether oxygens (including phenoxy) is 1. The van der Waals surface area contributed by atoms with Crippen molar-refractivity contribution in [2.24, 2.45) is 5.73 Å². The van der Waals surface area contributed by atoms with Gasteiger partial charge < -0.3 is 10.5 Å². The second-order valence-electron chi connectivity index (χ2n) is 6.72. The normalized spacial score (nSPS) is 22.1. The number of carbonyl (C=O) groups is 1. The first-order valence-electron chi connectivity index (χ1n) is 8.73. The summed E-state index contributed by atoms with van der Waals surface area (Å²) in [6.07, 6.45) is 0.769. The van der Waals surface area contributed by atoms with Crippen molar-refractivity contribution >= 4 is 5.78 Å². The molecule has 2 N–H and O–H groups in total. The maximum absolute atomic E-state index is 14.5. The number of ketones is 1. The highest BCUT2D eigenvalue weighted by atomic mass is 19.1. The average molecular weight is 360 g/mol. The van der Waals surface area contributed by atoms with Gasteiger partial charge in [0.15, 0.2) is 5.78 Å². The molecule has 2 aromatic rings. The first kappa shape index (κ1) is 17.0. The molecule has 134 valence electrons. The van der Waals surface area contributed by atoms with E-state index in [0.29, 0.717) is 17.8 Å². The molecule has 0 radical (unpaired) electrons. The van der Waals surface area contributed by atoms with Crippen LogP contribution in [0, 0.1) is 17.1 Å². The molecule has 0 spiro atoms. The van der Waals surface area contributed by atoms with E-state index in [1.807, 2.05) is 36.4 Å². The maximum atomic E-state index is 14.5. The topological polar surface area (TPSA) is 76.1 Å². The minimum absolute atomic E-state index is 0.0323. The van der Waals surface area contributed by atoms with Gasteiger partial charge in [-0.1, -0.05) is 48.5 Å². The zero-order chi connectivity index (χ0) is 19.0. The number of benzene rings is 2. The van der Waals surface area contributed by atoms with E-state index in [9.17, 15) is 14.4 Å². The lowest BCUT2D eigenvalue weighted by Crippen LogP contribution is -2.30. The van der Waals surface area contributed by atoms with Gasteiger partial charge in [-0.05, 0) is 17.5 Å². The van der Waals surface area contributed by atoms with Crippen LogP contribution < -0.4 is 5.73 Å². The molecule has 2 aromatic carbocycles. The third-order valence-electron chi connectivity index (χ3n) is 5.15. The van der Waals surface area contributed by atoms with Gasteiger partial charge in [0.25, 0.3) is 0 Å². The highest BCUT2D eigenvalue weighted by molar-refractivity contribution is 6.00. The SMILES string of the molecule is N#CC1=C(N)OC2=C(C(=O)C[C@@H](c3ccccc3)C2)[C@@H]1c1ccccc1F. The molecule has 0 amide bonds. The number of hydrogen-bond acceptors (Lipinski definition) is 4. The quantitative estimate of drug-likeness (QED) is 0.877. The first-order chi connectivity index (χ1) is 13.1. The van der Waals surface area contributed by atoms with Gasteiger partial charge in [-0.15, -0.1) is 0 Å². The number of halogens is 1. The van der Waals surface area contributed by atoms with Crippen LogP contribution in [0.1, 0.15) is 35.8 Å². The molecule has 0 bridgehead atoms. The number of nitriles is 1. The number of nitrogens with zero attached hydrogens (tertiary/aromatic N) is 1. The summed E-state index contributed by atoms with van der Waals surface area (Å²) in [6.45, 7) is 0. The zero-order valence-corrected chi connectivity index (χ0v) is 14.5. The summed E-state index contributed by atoms with van der Waals surface area (Å²) in [7, 11) is 0. The van der Waals surface area contributed by atoms with E-state index in [4.69, 9.17) is 10.5 Å². The van der Waals surface area contributed by atoms with Gasteiger partial charge in [-0.3, -0.25) is 4.79 Å². The van der Waals surface area contributed by atoms with Crippen molar-refractivity contribution in [3.05, 3.63) is 94.3 Å². The number of nitrogens with two attached hydrogens (primary N) is 1. The summed E-state index contributed by atoms with van der Waals surface area (Å²) in [6, 6.07) is 17.9. The Hall–Kier alpha value is -3.39. The van der Waals surface area contributed by atoms with Crippen molar-refractivity contribution in [3.8, 4) is 6.07 Å². The van der Waals surface area contributed by atoms with Crippen LogP contribution in [0.4, 0.5) is 4.39 Å². The largest absolute Gasteiger partial charge is 0.444 e. The van der Waals surface area contributed by atoms with Crippen LogP contribution in [-0.2, 0) is 9.53 Å². The Balaban J connectivity index is 1.82. The number of rotatable bonds is 2. The highest BCUT2D eigenvalue weighted by Crippen LogP contribution is 2.47. The zero-order valence-electron chi connectivity index (χ0n) is 14.5. The molecule has 2 atom stereocenters. The van der Waals surface area contributed by atoms with Gasteiger partial charge in [0.2, 0.25) is 5.88 Å². The standard InChI is InChI=1S/C22H17FN2O2/c23-17-9-5-4-8-15(17)20-16(12-24)22(25)27-19-11-14(10-18(26)21(19)20)13-6-2-1-3-7-13/h1-9,14,20H,10-11,25H2/t14-,20-/m1/s1. The van der Waals surface area contributed by atoms with E-state index >= 15 is 0 Å². The van der Waals surface area contributed by atoms with E-state index in [-0.39, 0.29) is 35.1 Å². The summed E-state index contributed by atoms with van der Waals surface area (Å²) < 4.78 is 20.2. The Morgan fingerprint density at radius 3 is 2.48 bits per heavy atom. The van der Waals surface area contributed by atoms with E-state index in [1.54, 1.807) is 18.2 Å². The van der Waals surface area contributed by atoms with Crippen molar-refractivity contribution in [2.45, 2.75) is 24.7 Å². The van der Waals surface area contributed by atoms with Crippen molar-refractivity contribution in [2.75, 3.05) is 0 Å². The number of Topliss-reactive ketones (excluding diaryl/α,β-unsaturated/α-hetero) is 1. The van der Waals surface area contributed by atoms with Crippen LogP contribution in [-0.4, -0.2) is 5.78 Å². The Morgan fingerprint density at radius 1 is 1.07 bits per heavy atom. The van der Waals surface area contributed by atoms with Crippen molar-refractivity contribution in [3.63, 3.8) is 0 Å². The van der Waals surface area contributed by atoms with Crippen LogP contribution in [0.5, 0.6) is 0 Å². The second-order valence-corrected chi connectivity index (χ2v) is 6.72. The summed E-state index contributed by atoms with van der Waals surface area (Å²) in [5, 5.41) is 9.57. The third-order valence-corrected chi connectivity index (χ3v) is 5.15. The molecule has 0 aromatic heterocycles. The van der Waals surface area contributed by atoms with Gasteiger partial charge in [-0.25, -0.2) is 4.39 Å². The molecule has 2 aliphatic rings. The molecular formula is C22H17FN2O2. The van der Waals surface area contributed by atoms with E-state index in [2.05, 4.69) is 0 Å². The molecule has 4 nitrogen and oxygen atoms in total. The molecule has 1 heterocycles. The molecule has 27 heavy (non-hydrogen) atoms.